The summed E-state index contributed by atoms with van der Waals surface area (Å²) in [4.78, 5) is 24.7. The molecule has 0 aliphatic carbocycles. The van der Waals surface area contributed by atoms with Crippen LogP contribution in [0.15, 0.2) is 48.5 Å². The zero-order chi connectivity index (χ0) is 25.3. The number of ether oxygens (including phenoxy) is 3. The second-order valence-electron chi connectivity index (χ2n) is 7.31. The van der Waals surface area contributed by atoms with Crippen LogP contribution in [0.25, 0.3) is 0 Å². The molecule has 0 aliphatic rings. The van der Waals surface area contributed by atoms with Gasteiger partial charge in [0.2, 0.25) is 0 Å². The number of hydrogen-bond donors (Lipinski definition) is 0. The third-order valence-electron chi connectivity index (χ3n) is 4.54. The average molecular weight is 479 g/mol. The molecule has 35 heavy (non-hydrogen) atoms. The molecule has 0 saturated carbocycles. The van der Waals surface area contributed by atoms with Gasteiger partial charge in [0.05, 0.1) is 17.7 Å². The topological polar surface area (TPSA) is 61.8 Å². The van der Waals surface area contributed by atoms with Crippen molar-refractivity contribution in [3.63, 3.8) is 0 Å². The van der Waals surface area contributed by atoms with E-state index in [0.29, 0.717) is 29.2 Å². The minimum atomic E-state index is -0.668. The number of unbranched alkanes of at least 4 members (excludes halogenated alkanes) is 3. The van der Waals surface area contributed by atoms with Crippen molar-refractivity contribution in [2.45, 2.75) is 45.6 Å². The minimum absolute atomic E-state index is 0. The molecule has 5 heteroatoms. The van der Waals surface area contributed by atoms with Crippen molar-refractivity contribution >= 4 is 11.9 Å². The van der Waals surface area contributed by atoms with Crippen molar-refractivity contribution in [2.24, 2.45) is 0 Å². The molecule has 0 bridgehead atoms. The van der Waals surface area contributed by atoms with Gasteiger partial charge in [-0.15, -0.1) is 6.42 Å². The predicted octanol–water partition coefficient (Wildman–Crippen LogP) is 6.53. The molecule has 1 atom stereocenters. The third kappa shape index (κ3) is 10.3. The van der Waals surface area contributed by atoms with Crippen LogP contribution in [0.2, 0.25) is 0 Å². The van der Waals surface area contributed by atoms with Crippen LogP contribution >= 0.6 is 0 Å². The molecule has 2 aromatic carbocycles. The fraction of sp³-hybridized carbons (Fsp3) is 0.267. The molecule has 0 aliphatic heterocycles. The molecular weight excluding hydrogens is 440 g/mol. The minimum Gasteiger partial charge on any atom is -0.494 e. The van der Waals surface area contributed by atoms with Crippen LogP contribution in [0.1, 0.15) is 68.8 Å². The zero-order valence-corrected chi connectivity index (χ0v) is 19.9. The first-order valence-electron chi connectivity index (χ1n) is 11.3. The van der Waals surface area contributed by atoms with E-state index in [0.717, 1.165) is 12.8 Å². The van der Waals surface area contributed by atoms with Gasteiger partial charge in [-0.2, -0.15) is 0 Å². The summed E-state index contributed by atoms with van der Waals surface area (Å²) >= 11 is 0. The maximum Gasteiger partial charge on any atom is 0.343 e. The zero-order valence-electron chi connectivity index (χ0n) is 19.9. The van der Waals surface area contributed by atoms with Gasteiger partial charge in [0.15, 0.2) is 6.10 Å². The quantitative estimate of drug-likeness (QED) is 0.168. The summed E-state index contributed by atoms with van der Waals surface area (Å²) in [5.74, 6) is 17.0. The number of carbonyl (C=O) groups excluding carboxylic acids is 2. The van der Waals surface area contributed by atoms with Gasteiger partial charge >= 0.3 is 11.9 Å². The second kappa shape index (κ2) is 15.3. The van der Waals surface area contributed by atoms with Gasteiger partial charge in [-0.3, -0.25) is 0 Å². The molecular formula is C30H38O5. The van der Waals surface area contributed by atoms with E-state index in [-0.39, 0.29) is 8.56 Å². The highest BCUT2D eigenvalue weighted by Gasteiger charge is 2.12. The molecule has 0 radical (unpaired) electrons. The van der Waals surface area contributed by atoms with E-state index in [4.69, 9.17) is 20.6 Å². The van der Waals surface area contributed by atoms with E-state index in [2.05, 4.69) is 48.4 Å². The van der Waals surface area contributed by atoms with Gasteiger partial charge in [0.1, 0.15) is 11.5 Å². The van der Waals surface area contributed by atoms with Crippen LogP contribution < -0.4 is 9.47 Å². The Balaban J connectivity index is -0.000000720. The van der Waals surface area contributed by atoms with Gasteiger partial charge in [0, 0.05) is 8.56 Å². The fourth-order valence-corrected chi connectivity index (χ4v) is 2.76. The Morgan fingerprint density at radius 1 is 0.829 bits per heavy atom. The Bertz CT molecular complexity index is 1240. The van der Waals surface area contributed by atoms with Crippen LogP contribution in [0.5, 0.6) is 11.5 Å². The van der Waals surface area contributed by atoms with Crippen molar-refractivity contribution in [1.82, 2.24) is 0 Å². The summed E-state index contributed by atoms with van der Waals surface area (Å²) in [5.41, 5.74) is 0.692. The maximum absolute atomic E-state index is 12.4. The average Bonchev–Trinajstić information content (AvgIpc) is 2.86. The molecule has 0 saturated heterocycles. The predicted molar refractivity (Wildman–Crippen MR) is 147 cm³/mol. The summed E-state index contributed by atoms with van der Waals surface area (Å²) < 4.78 is 16.3. The smallest absolute Gasteiger partial charge is 0.343 e. The van der Waals surface area contributed by atoms with Gasteiger partial charge in [0.25, 0.3) is 0 Å². The van der Waals surface area contributed by atoms with Crippen LogP contribution in [-0.2, 0) is 4.74 Å². The molecule has 0 heterocycles. The van der Waals surface area contributed by atoms with Crippen molar-refractivity contribution < 1.29 is 32.4 Å². The van der Waals surface area contributed by atoms with Crippen LogP contribution in [-0.4, -0.2) is 24.6 Å². The van der Waals surface area contributed by atoms with E-state index >= 15 is 0 Å². The van der Waals surface area contributed by atoms with Crippen LogP contribution in [0.4, 0.5) is 0 Å². The molecule has 1 unspecified atom stereocenters. The van der Waals surface area contributed by atoms with E-state index in [9.17, 15) is 9.59 Å². The van der Waals surface area contributed by atoms with Crippen molar-refractivity contribution in [2.75, 3.05) is 6.61 Å². The molecule has 0 N–H and O–H groups in total. The summed E-state index contributed by atoms with van der Waals surface area (Å²) in [7, 11) is 0. The maximum atomic E-state index is 12.4. The van der Waals surface area contributed by atoms with Crippen molar-refractivity contribution in [3.8, 4) is 59.4 Å². The molecule has 0 amide bonds. The molecule has 5 nitrogen and oxygen atoms in total. The van der Waals surface area contributed by atoms with E-state index in [1.165, 1.54) is 37.1 Å². The normalized spacial score (nSPS) is 9.97. The van der Waals surface area contributed by atoms with Gasteiger partial charge in [-0.05, 0) is 103 Å². The number of hydrogen-bond acceptors (Lipinski definition) is 5. The first kappa shape index (κ1) is 26.7. The lowest BCUT2D eigenvalue weighted by Gasteiger charge is -2.09. The molecule has 0 spiro atoms. The highest BCUT2D eigenvalue weighted by Crippen LogP contribution is 2.18. The van der Waals surface area contributed by atoms with E-state index in [1.807, 2.05) is 0 Å². The second-order valence-corrected chi connectivity index (χ2v) is 7.31. The first-order chi connectivity index (χ1) is 17.0. The molecule has 2 rings (SSSR count). The highest BCUT2D eigenvalue weighted by molar-refractivity contribution is 5.92. The van der Waals surface area contributed by atoms with Crippen LogP contribution in [0.3, 0.4) is 0 Å². The number of carbonyl (C=O) groups is 2. The lowest BCUT2D eigenvalue weighted by Crippen LogP contribution is -2.13. The summed E-state index contributed by atoms with van der Waals surface area (Å²) in [6.45, 7) is 4.44. The SMILES string of the molecule is C#CC#CC#CC#CC(C)OC(=O)c1ccc(OC(=O)c2ccc(OCCCCCC)cc2)cc1.[HH].[HH].[HH].[HH].[HH].[HH]. The number of terminal acetylenes is 1. The Kier molecular flexibility index (Phi) is 11.7. The number of rotatable bonds is 10. The first-order valence-corrected chi connectivity index (χ1v) is 11.3. The standard InChI is InChI=1S/C30H26O5.6H2/c1-4-6-8-10-11-12-14-24(3)34-29(31)25-17-21-28(22-18-25)35-30(32)26-15-19-27(20-16-26)33-23-13-9-7-5-2;;;;;;/h1,15-22,24H,5,7,9,13,23H2,2-3H3;6*1H. The van der Waals surface area contributed by atoms with Crippen LogP contribution in [0, 0.1) is 47.9 Å². The lowest BCUT2D eigenvalue weighted by molar-refractivity contribution is 0.0438. The largest absolute Gasteiger partial charge is 0.494 e. The Hall–Kier alpha value is -4.58. The monoisotopic (exact) mass is 478 g/mol. The Labute approximate surface area is 216 Å². The number of benzene rings is 2. The Morgan fingerprint density at radius 2 is 1.43 bits per heavy atom. The van der Waals surface area contributed by atoms with Crippen molar-refractivity contribution in [3.05, 3.63) is 59.7 Å². The molecule has 2 aromatic rings. The summed E-state index contributed by atoms with van der Waals surface area (Å²) in [6, 6.07) is 12.9. The summed E-state index contributed by atoms with van der Waals surface area (Å²) in [5, 5.41) is 0. The third-order valence-corrected chi connectivity index (χ3v) is 4.54. The van der Waals surface area contributed by atoms with Gasteiger partial charge in [-0.1, -0.05) is 26.2 Å². The number of esters is 2. The summed E-state index contributed by atoms with van der Waals surface area (Å²) in [6.07, 6.45) is 8.84. The van der Waals surface area contributed by atoms with E-state index < -0.39 is 18.0 Å². The molecule has 0 fully saturated rings. The Morgan fingerprint density at radius 3 is 2.09 bits per heavy atom. The van der Waals surface area contributed by atoms with Crippen molar-refractivity contribution in [1.29, 1.82) is 0 Å². The van der Waals surface area contributed by atoms with E-state index in [1.54, 1.807) is 31.2 Å². The fourth-order valence-electron chi connectivity index (χ4n) is 2.76. The van der Waals surface area contributed by atoms with Gasteiger partial charge < -0.3 is 14.2 Å². The lowest BCUT2D eigenvalue weighted by atomic mass is 10.2. The van der Waals surface area contributed by atoms with Gasteiger partial charge in [-0.25, -0.2) is 9.59 Å². The molecule has 188 valence electrons. The highest BCUT2D eigenvalue weighted by atomic mass is 16.5. The molecule has 0 aromatic heterocycles.